The number of hydrogen-bond donors (Lipinski definition) is 3. The molecule has 0 aromatic carbocycles. The highest BCUT2D eigenvalue weighted by atomic mass is 16.4. The number of carbonyl (C=O) groups excluding carboxylic acids is 1. The second-order valence-corrected chi connectivity index (χ2v) is 7.15. The topological polar surface area (TPSA) is 78.4 Å². The summed E-state index contributed by atoms with van der Waals surface area (Å²) in [5.74, 6) is -0.393. The van der Waals surface area contributed by atoms with Crippen molar-refractivity contribution in [2.24, 2.45) is 23.2 Å². The Balaban J connectivity index is 1.73. The fourth-order valence-electron chi connectivity index (χ4n) is 4.90. The van der Waals surface area contributed by atoms with Gasteiger partial charge in [0, 0.05) is 12.6 Å². The van der Waals surface area contributed by atoms with Gasteiger partial charge in [-0.3, -0.25) is 9.59 Å². The third-order valence-electron chi connectivity index (χ3n) is 5.95. The van der Waals surface area contributed by atoms with Crippen molar-refractivity contribution in [3.8, 4) is 0 Å². The molecule has 2 saturated carbocycles. The van der Waals surface area contributed by atoms with Crippen molar-refractivity contribution in [2.45, 2.75) is 51.5 Å². The third kappa shape index (κ3) is 2.45. The SMILES string of the molecule is CCCC1(C(=O)NC2C3CCC(C3)C2C(=O)O)CCNC1. The fourth-order valence-corrected chi connectivity index (χ4v) is 4.90. The van der Waals surface area contributed by atoms with Gasteiger partial charge in [0.2, 0.25) is 5.91 Å². The molecule has 5 heteroatoms. The predicted octanol–water partition coefficient (Wildman–Crippen LogP) is 1.38. The molecule has 5 nitrogen and oxygen atoms in total. The summed E-state index contributed by atoms with van der Waals surface area (Å²) < 4.78 is 0. The van der Waals surface area contributed by atoms with E-state index in [1.54, 1.807) is 0 Å². The van der Waals surface area contributed by atoms with Crippen molar-refractivity contribution < 1.29 is 14.7 Å². The number of carbonyl (C=O) groups is 2. The molecular formula is C16H26N2O3. The molecule has 3 rings (SSSR count). The van der Waals surface area contributed by atoms with E-state index in [9.17, 15) is 14.7 Å². The quantitative estimate of drug-likeness (QED) is 0.716. The van der Waals surface area contributed by atoms with Gasteiger partial charge < -0.3 is 15.7 Å². The fraction of sp³-hybridized carbons (Fsp3) is 0.875. The van der Waals surface area contributed by atoms with E-state index < -0.39 is 5.97 Å². The number of nitrogens with one attached hydrogen (secondary N) is 2. The van der Waals surface area contributed by atoms with E-state index in [1.807, 2.05) is 0 Å². The molecule has 5 atom stereocenters. The van der Waals surface area contributed by atoms with E-state index in [1.165, 1.54) is 0 Å². The Morgan fingerprint density at radius 2 is 2.10 bits per heavy atom. The maximum atomic E-state index is 12.8. The summed E-state index contributed by atoms with van der Waals surface area (Å²) in [6.45, 7) is 3.71. The third-order valence-corrected chi connectivity index (χ3v) is 5.95. The molecule has 0 aromatic heterocycles. The first-order valence-electron chi connectivity index (χ1n) is 8.32. The number of carboxylic acid groups (broad SMARTS) is 1. The Morgan fingerprint density at radius 1 is 1.33 bits per heavy atom. The number of rotatable bonds is 5. The summed E-state index contributed by atoms with van der Waals surface area (Å²) in [5, 5.41) is 15.9. The largest absolute Gasteiger partial charge is 0.481 e. The Morgan fingerprint density at radius 3 is 2.71 bits per heavy atom. The zero-order valence-electron chi connectivity index (χ0n) is 12.7. The molecule has 118 valence electrons. The van der Waals surface area contributed by atoms with Gasteiger partial charge in [-0.15, -0.1) is 0 Å². The molecular weight excluding hydrogens is 268 g/mol. The molecule has 3 aliphatic rings. The molecule has 1 amide bonds. The van der Waals surface area contributed by atoms with Crippen molar-refractivity contribution in [3.05, 3.63) is 0 Å². The molecule has 0 spiro atoms. The minimum Gasteiger partial charge on any atom is -0.481 e. The Labute approximate surface area is 125 Å². The van der Waals surface area contributed by atoms with Crippen LogP contribution in [0.3, 0.4) is 0 Å². The van der Waals surface area contributed by atoms with Crippen molar-refractivity contribution >= 4 is 11.9 Å². The highest BCUT2D eigenvalue weighted by Crippen LogP contribution is 2.49. The van der Waals surface area contributed by atoms with E-state index in [2.05, 4.69) is 17.6 Å². The summed E-state index contributed by atoms with van der Waals surface area (Å²) in [7, 11) is 0. The van der Waals surface area contributed by atoms with Crippen molar-refractivity contribution in [3.63, 3.8) is 0 Å². The number of aliphatic carboxylic acids is 1. The molecule has 1 aliphatic heterocycles. The Hall–Kier alpha value is -1.10. The first-order chi connectivity index (χ1) is 10.1. The molecule has 0 aromatic rings. The van der Waals surface area contributed by atoms with Crippen LogP contribution in [0.2, 0.25) is 0 Å². The molecule has 2 bridgehead atoms. The van der Waals surface area contributed by atoms with Crippen molar-refractivity contribution in [2.75, 3.05) is 13.1 Å². The first-order valence-corrected chi connectivity index (χ1v) is 8.32. The van der Waals surface area contributed by atoms with Gasteiger partial charge in [-0.05, 0) is 50.5 Å². The second kappa shape index (κ2) is 5.59. The second-order valence-electron chi connectivity index (χ2n) is 7.15. The number of carboxylic acids is 1. The van der Waals surface area contributed by atoms with E-state index in [0.29, 0.717) is 5.92 Å². The molecule has 5 unspecified atom stereocenters. The van der Waals surface area contributed by atoms with Gasteiger partial charge in [0.05, 0.1) is 11.3 Å². The van der Waals surface area contributed by atoms with Gasteiger partial charge in [-0.1, -0.05) is 13.3 Å². The van der Waals surface area contributed by atoms with Crippen LogP contribution in [0.5, 0.6) is 0 Å². The summed E-state index contributed by atoms with van der Waals surface area (Å²) in [4.78, 5) is 24.4. The summed E-state index contributed by atoms with van der Waals surface area (Å²) in [6.07, 6.45) is 5.78. The van der Waals surface area contributed by atoms with Gasteiger partial charge in [0.15, 0.2) is 0 Å². The summed E-state index contributed by atoms with van der Waals surface area (Å²) >= 11 is 0. The van der Waals surface area contributed by atoms with Gasteiger partial charge in [-0.2, -0.15) is 0 Å². The van der Waals surface area contributed by atoms with Crippen LogP contribution in [0.25, 0.3) is 0 Å². The maximum absolute atomic E-state index is 12.8. The van der Waals surface area contributed by atoms with Gasteiger partial charge in [0.1, 0.15) is 0 Å². The molecule has 1 saturated heterocycles. The van der Waals surface area contributed by atoms with Crippen LogP contribution in [0.15, 0.2) is 0 Å². The normalized spacial score (nSPS) is 41.4. The minimum absolute atomic E-state index is 0.0816. The zero-order valence-corrected chi connectivity index (χ0v) is 12.7. The van der Waals surface area contributed by atoms with Crippen molar-refractivity contribution in [1.29, 1.82) is 0 Å². The van der Waals surface area contributed by atoms with Crippen LogP contribution in [-0.4, -0.2) is 36.1 Å². The zero-order chi connectivity index (χ0) is 15.0. The average molecular weight is 294 g/mol. The highest BCUT2D eigenvalue weighted by molar-refractivity contribution is 5.84. The monoisotopic (exact) mass is 294 g/mol. The van der Waals surface area contributed by atoms with Crippen LogP contribution in [0, 0.1) is 23.2 Å². The molecule has 3 fully saturated rings. The number of hydrogen-bond acceptors (Lipinski definition) is 3. The van der Waals surface area contributed by atoms with Crippen molar-refractivity contribution in [1.82, 2.24) is 10.6 Å². The van der Waals surface area contributed by atoms with Crippen LogP contribution >= 0.6 is 0 Å². The smallest absolute Gasteiger partial charge is 0.308 e. The van der Waals surface area contributed by atoms with E-state index in [0.717, 1.165) is 51.6 Å². The van der Waals surface area contributed by atoms with E-state index in [4.69, 9.17) is 0 Å². The Bertz CT molecular complexity index is 431. The van der Waals surface area contributed by atoms with Crippen LogP contribution in [-0.2, 0) is 9.59 Å². The number of fused-ring (bicyclic) bond motifs is 2. The standard InChI is InChI=1S/C16H26N2O3/c1-2-5-16(6-7-17-9-16)15(21)18-13-11-4-3-10(8-11)12(13)14(19)20/h10-13,17H,2-9H2,1H3,(H,18,21)(H,19,20). The molecule has 21 heavy (non-hydrogen) atoms. The minimum atomic E-state index is -0.735. The maximum Gasteiger partial charge on any atom is 0.308 e. The summed E-state index contributed by atoms with van der Waals surface area (Å²) in [6, 6.07) is -0.150. The average Bonchev–Trinajstić information content (AvgIpc) is 3.13. The predicted molar refractivity (Wildman–Crippen MR) is 78.7 cm³/mol. The van der Waals surface area contributed by atoms with Gasteiger partial charge in [0.25, 0.3) is 0 Å². The molecule has 3 N–H and O–H groups in total. The molecule has 1 heterocycles. The van der Waals surface area contributed by atoms with E-state index >= 15 is 0 Å². The first kappa shape index (κ1) is 14.8. The lowest BCUT2D eigenvalue weighted by atomic mass is 9.79. The van der Waals surface area contributed by atoms with E-state index in [-0.39, 0.29) is 29.2 Å². The molecule has 2 aliphatic carbocycles. The van der Waals surface area contributed by atoms with Crippen LogP contribution in [0.4, 0.5) is 0 Å². The van der Waals surface area contributed by atoms with Crippen LogP contribution in [0.1, 0.15) is 45.4 Å². The lowest BCUT2D eigenvalue weighted by Crippen LogP contribution is -2.52. The lowest BCUT2D eigenvalue weighted by Gasteiger charge is -2.33. The Kier molecular flexibility index (Phi) is 3.95. The molecule has 0 radical (unpaired) electrons. The van der Waals surface area contributed by atoms with Gasteiger partial charge in [-0.25, -0.2) is 0 Å². The number of amides is 1. The van der Waals surface area contributed by atoms with Gasteiger partial charge >= 0.3 is 5.97 Å². The summed E-state index contributed by atoms with van der Waals surface area (Å²) in [5.41, 5.74) is -0.320. The lowest BCUT2D eigenvalue weighted by molar-refractivity contribution is -0.145. The van der Waals surface area contributed by atoms with Crippen LogP contribution < -0.4 is 10.6 Å². The highest BCUT2D eigenvalue weighted by Gasteiger charge is 2.53.